The Morgan fingerprint density at radius 1 is 0.962 bits per heavy atom. The van der Waals surface area contributed by atoms with E-state index in [4.69, 9.17) is 0 Å². The van der Waals surface area contributed by atoms with Crippen LogP contribution < -0.4 is 10.0 Å². The number of halogens is 5. The lowest BCUT2D eigenvalue weighted by Crippen LogP contribution is -2.34. The number of hydrogen-bond acceptors (Lipinski definition) is 3. The van der Waals surface area contributed by atoms with Crippen LogP contribution in [0, 0.1) is 11.6 Å². The molecule has 0 saturated carbocycles. The summed E-state index contributed by atoms with van der Waals surface area (Å²) in [7, 11) is -4.78. The summed E-state index contributed by atoms with van der Waals surface area (Å²) >= 11 is 0. The van der Waals surface area contributed by atoms with E-state index in [1.807, 2.05) is 4.72 Å². The van der Waals surface area contributed by atoms with Crippen LogP contribution in [0.3, 0.4) is 0 Å². The van der Waals surface area contributed by atoms with Crippen molar-refractivity contribution < 1.29 is 35.2 Å². The fraction of sp³-hybridized carbons (Fsp3) is 0.133. The van der Waals surface area contributed by atoms with Gasteiger partial charge in [0, 0.05) is 0 Å². The molecular weight excluding hydrogens is 383 g/mol. The van der Waals surface area contributed by atoms with E-state index < -0.39 is 56.4 Å². The first-order valence-electron chi connectivity index (χ1n) is 6.92. The molecule has 0 fully saturated rings. The SMILES string of the molecule is O=C(NCC(F)(F)F)c1ccccc1NS(=O)(=O)c1c(F)cccc1F. The molecule has 0 atom stereocenters. The van der Waals surface area contributed by atoms with Crippen molar-refractivity contribution in [3.05, 3.63) is 59.7 Å². The Hall–Kier alpha value is -2.69. The molecule has 140 valence electrons. The van der Waals surface area contributed by atoms with Crippen molar-refractivity contribution in [3.63, 3.8) is 0 Å². The second kappa shape index (κ2) is 7.28. The summed E-state index contributed by atoms with van der Waals surface area (Å²) in [6, 6.07) is 7.10. The molecule has 0 saturated heterocycles. The molecule has 0 aromatic heterocycles. The summed E-state index contributed by atoms with van der Waals surface area (Å²) in [5.41, 5.74) is -0.882. The molecule has 2 aromatic carbocycles. The molecule has 2 N–H and O–H groups in total. The average Bonchev–Trinajstić information content (AvgIpc) is 2.51. The maximum Gasteiger partial charge on any atom is 0.405 e. The number of benzene rings is 2. The van der Waals surface area contributed by atoms with Gasteiger partial charge in [0.1, 0.15) is 18.2 Å². The van der Waals surface area contributed by atoms with Gasteiger partial charge in [-0.15, -0.1) is 0 Å². The fourth-order valence-electron chi connectivity index (χ4n) is 1.98. The molecule has 5 nitrogen and oxygen atoms in total. The molecule has 0 aliphatic carbocycles. The summed E-state index contributed by atoms with van der Waals surface area (Å²) in [6.45, 7) is -1.63. The number of carbonyl (C=O) groups is 1. The summed E-state index contributed by atoms with van der Waals surface area (Å²) in [5, 5.41) is 1.58. The standard InChI is InChI=1S/C15H11F5N2O3S/c16-10-5-3-6-11(17)13(10)26(24,25)22-12-7-2-1-4-9(12)14(23)21-8-15(18,19)20/h1-7,22H,8H2,(H,21,23). The van der Waals surface area contributed by atoms with Crippen LogP contribution in [-0.4, -0.2) is 27.0 Å². The minimum Gasteiger partial charge on any atom is -0.343 e. The Morgan fingerprint density at radius 3 is 2.12 bits per heavy atom. The molecule has 0 aliphatic rings. The molecular formula is C15H11F5N2O3S. The number of amides is 1. The molecule has 0 radical (unpaired) electrons. The molecule has 0 bridgehead atoms. The van der Waals surface area contributed by atoms with Crippen molar-refractivity contribution in [2.45, 2.75) is 11.1 Å². The quantitative estimate of drug-likeness (QED) is 0.766. The van der Waals surface area contributed by atoms with E-state index in [0.717, 1.165) is 30.3 Å². The van der Waals surface area contributed by atoms with Crippen LogP contribution >= 0.6 is 0 Å². The lowest BCUT2D eigenvalue weighted by molar-refractivity contribution is -0.123. The second-order valence-electron chi connectivity index (χ2n) is 5.00. The van der Waals surface area contributed by atoms with Crippen LogP contribution in [-0.2, 0) is 10.0 Å². The smallest absolute Gasteiger partial charge is 0.343 e. The van der Waals surface area contributed by atoms with Crippen LogP contribution in [0.1, 0.15) is 10.4 Å². The number of hydrogen-bond donors (Lipinski definition) is 2. The predicted octanol–water partition coefficient (Wildman–Crippen LogP) is 3.06. The highest BCUT2D eigenvalue weighted by Gasteiger charge is 2.29. The van der Waals surface area contributed by atoms with E-state index in [0.29, 0.717) is 0 Å². The molecule has 11 heteroatoms. The average molecular weight is 394 g/mol. The highest BCUT2D eigenvalue weighted by atomic mass is 32.2. The molecule has 1 amide bonds. The van der Waals surface area contributed by atoms with Gasteiger partial charge in [0.15, 0.2) is 4.90 Å². The van der Waals surface area contributed by atoms with Crippen molar-refractivity contribution in [3.8, 4) is 0 Å². The lowest BCUT2D eigenvalue weighted by atomic mass is 10.1. The fourth-order valence-corrected chi connectivity index (χ4v) is 3.20. The molecule has 2 aromatic rings. The summed E-state index contributed by atoms with van der Waals surface area (Å²) < 4.78 is 90.3. The third-order valence-corrected chi connectivity index (χ3v) is 4.47. The van der Waals surface area contributed by atoms with Gasteiger partial charge in [-0.05, 0) is 24.3 Å². The van der Waals surface area contributed by atoms with Gasteiger partial charge in [-0.2, -0.15) is 13.2 Å². The van der Waals surface area contributed by atoms with E-state index in [1.54, 1.807) is 5.32 Å². The zero-order chi connectivity index (χ0) is 19.5. The van der Waals surface area contributed by atoms with Crippen LogP contribution in [0.4, 0.5) is 27.6 Å². The van der Waals surface area contributed by atoms with Gasteiger partial charge >= 0.3 is 6.18 Å². The topological polar surface area (TPSA) is 75.3 Å². The second-order valence-corrected chi connectivity index (χ2v) is 6.62. The van der Waals surface area contributed by atoms with E-state index in [1.165, 1.54) is 12.1 Å². The Morgan fingerprint density at radius 2 is 1.54 bits per heavy atom. The van der Waals surface area contributed by atoms with Crippen molar-refractivity contribution in [2.24, 2.45) is 0 Å². The van der Waals surface area contributed by atoms with Gasteiger partial charge in [-0.25, -0.2) is 17.2 Å². The monoisotopic (exact) mass is 394 g/mol. The van der Waals surface area contributed by atoms with Crippen molar-refractivity contribution in [1.82, 2.24) is 5.32 Å². The highest BCUT2D eigenvalue weighted by molar-refractivity contribution is 7.92. The Balaban J connectivity index is 2.35. The van der Waals surface area contributed by atoms with Crippen LogP contribution in [0.15, 0.2) is 47.4 Å². The maximum atomic E-state index is 13.7. The number of nitrogens with one attached hydrogen (secondary N) is 2. The van der Waals surface area contributed by atoms with E-state index in [-0.39, 0.29) is 0 Å². The Kier molecular flexibility index (Phi) is 5.50. The summed E-state index contributed by atoms with van der Waals surface area (Å²) in [4.78, 5) is 10.6. The van der Waals surface area contributed by atoms with E-state index >= 15 is 0 Å². The Bertz CT molecular complexity index is 909. The number of carbonyl (C=O) groups excluding carboxylic acids is 1. The Labute approximate surface area is 144 Å². The maximum absolute atomic E-state index is 13.7. The van der Waals surface area contributed by atoms with E-state index in [9.17, 15) is 35.2 Å². The van der Waals surface area contributed by atoms with Gasteiger partial charge in [0.2, 0.25) is 0 Å². The predicted molar refractivity (Wildman–Crippen MR) is 82.0 cm³/mol. The zero-order valence-electron chi connectivity index (χ0n) is 12.8. The first kappa shape index (κ1) is 19.6. The third kappa shape index (κ3) is 4.69. The minimum atomic E-state index is -4.78. The molecule has 2 rings (SSSR count). The van der Waals surface area contributed by atoms with Crippen LogP contribution in [0.25, 0.3) is 0 Å². The van der Waals surface area contributed by atoms with Gasteiger partial charge in [0.05, 0.1) is 11.3 Å². The number of anilines is 1. The molecule has 0 aliphatic heterocycles. The van der Waals surface area contributed by atoms with Gasteiger partial charge < -0.3 is 5.32 Å². The molecule has 0 unspecified atom stereocenters. The summed E-state index contributed by atoms with van der Waals surface area (Å²) in [5.74, 6) is -3.94. The zero-order valence-corrected chi connectivity index (χ0v) is 13.6. The first-order valence-corrected chi connectivity index (χ1v) is 8.40. The number of alkyl halides is 3. The lowest BCUT2D eigenvalue weighted by Gasteiger charge is -2.14. The third-order valence-electron chi connectivity index (χ3n) is 3.05. The van der Waals surface area contributed by atoms with E-state index in [2.05, 4.69) is 0 Å². The van der Waals surface area contributed by atoms with Gasteiger partial charge in [-0.1, -0.05) is 18.2 Å². The number of para-hydroxylation sites is 1. The van der Waals surface area contributed by atoms with Gasteiger partial charge in [-0.3, -0.25) is 9.52 Å². The largest absolute Gasteiger partial charge is 0.405 e. The molecule has 0 heterocycles. The van der Waals surface area contributed by atoms with Crippen molar-refractivity contribution in [1.29, 1.82) is 0 Å². The van der Waals surface area contributed by atoms with Crippen LogP contribution in [0.2, 0.25) is 0 Å². The minimum absolute atomic E-state index is 0.435. The number of rotatable bonds is 5. The molecule has 26 heavy (non-hydrogen) atoms. The van der Waals surface area contributed by atoms with Gasteiger partial charge in [0.25, 0.3) is 15.9 Å². The van der Waals surface area contributed by atoms with Crippen molar-refractivity contribution >= 4 is 21.6 Å². The van der Waals surface area contributed by atoms with Crippen LogP contribution in [0.5, 0.6) is 0 Å². The normalized spacial score (nSPS) is 11.9. The molecule has 0 spiro atoms. The van der Waals surface area contributed by atoms with Crippen molar-refractivity contribution in [2.75, 3.05) is 11.3 Å². The highest BCUT2D eigenvalue weighted by Crippen LogP contribution is 2.24. The summed E-state index contributed by atoms with van der Waals surface area (Å²) in [6.07, 6.45) is -4.67. The first-order chi connectivity index (χ1) is 12.0. The number of sulfonamides is 1.